The fourth-order valence-electron chi connectivity index (χ4n) is 3.14. The number of amides is 2. The minimum absolute atomic E-state index is 0.186. The van der Waals surface area contributed by atoms with Crippen molar-refractivity contribution in [2.75, 3.05) is 12.4 Å². The summed E-state index contributed by atoms with van der Waals surface area (Å²) in [6.45, 7) is 6.01. The van der Waals surface area contributed by atoms with Gasteiger partial charge in [-0.25, -0.2) is 4.68 Å². The second kappa shape index (κ2) is 8.60. The first-order valence-electron chi connectivity index (χ1n) is 9.24. The maximum atomic E-state index is 12.4. The monoisotopic (exact) mass is 392 g/mol. The minimum Gasteiger partial charge on any atom is -0.496 e. The highest BCUT2D eigenvalue weighted by Crippen LogP contribution is 2.20. The first-order chi connectivity index (χ1) is 13.9. The van der Waals surface area contributed by atoms with E-state index in [1.807, 2.05) is 51.1 Å². The lowest BCUT2D eigenvalue weighted by molar-refractivity contribution is -0.136. The Labute approximate surface area is 169 Å². The number of anilines is 1. The van der Waals surface area contributed by atoms with Crippen molar-refractivity contribution in [1.29, 1.82) is 0 Å². The lowest BCUT2D eigenvalue weighted by atomic mass is 10.1. The van der Waals surface area contributed by atoms with Crippen LogP contribution in [0.25, 0.3) is 5.69 Å². The van der Waals surface area contributed by atoms with Gasteiger partial charge in [0.05, 0.1) is 18.5 Å². The maximum Gasteiger partial charge on any atom is 0.314 e. The molecular formula is C22H24N4O3. The van der Waals surface area contributed by atoms with Gasteiger partial charge >= 0.3 is 11.8 Å². The van der Waals surface area contributed by atoms with E-state index in [0.29, 0.717) is 11.6 Å². The van der Waals surface area contributed by atoms with E-state index < -0.39 is 11.8 Å². The Hall–Kier alpha value is -3.61. The first kappa shape index (κ1) is 20.1. The normalized spacial score (nSPS) is 10.5. The summed E-state index contributed by atoms with van der Waals surface area (Å²) in [5.74, 6) is -0.408. The second-order valence-electron chi connectivity index (χ2n) is 6.88. The number of nitrogens with one attached hydrogen (secondary N) is 2. The highest BCUT2D eigenvalue weighted by molar-refractivity contribution is 6.39. The summed E-state index contributed by atoms with van der Waals surface area (Å²) in [7, 11) is 1.56. The van der Waals surface area contributed by atoms with Crippen molar-refractivity contribution in [3.8, 4) is 11.4 Å². The Balaban J connectivity index is 1.73. The Bertz CT molecular complexity index is 1040. The zero-order valence-corrected chi connectivity index (χ0v) is 16.9. The Morgan fingerprint density at radius 1 is 1.00 bits per heavy atom. The number of hydrogen-bond donors (Lipinski definition) is 2. The molecule has 0 saturated carbocycles. The SMILES string of the molecule is COc1ccccc1CNC(=O)C(=O)Nc1cc(C)nn1-c1cc(C)cc(C)c1. The number of carbonyl (C=O) groups is 2. The lowest BCUT2D eigenvalue weighted by Crippen LogP contribution is -2.35. The van der Waals surface area contributed by atoms with Gasteiger partial charge in [0.1, 0.15) is 11.6 Å². The molecule has 3 aromatic rings. The van der Waals surface area contributed by atoms with Crippen molar-refractivity contribution in [3.05, 3.63) is 70.9 Å². The molecule has 0 bridgehead atoms. The molecule has 7 heteroatoms. The van der Waals surface area contributed by atoms with Crippen LogP contribution in [0.15, 0.2) is 48.5 Å². The third-order valence-corrected chi connectivity index (χ3v) is 4.36. The van der Waals surface area contributed by atoms with Crippen LogP contribution in [0.1, 0.15) is 22.4 Å². The summed E-state index contributed by atoms with van der Waals surface area (Å²) < 4.78 is 6.88. The van der Waals surface area contributed by atoms with Gasteiger partial charge in [-0.15, -0.1) is 0 Å². The summed E-state index contributed by atoms with van der Waals surface area (Å²) in [4.78, 5) is 24.7. The van der Waals surface area contributed by atoms with Crippen molar-refractivity contribution in [2.24, 2.45) is 0 Å². The van der Waals surface area contributed by atoms with E-state index in [1.54, 1.807) is 23.9 Å². The van der Waals surface area contributed by atoms with Crippen molar-refractivity contribution >= 4 is 17.6 Å². The molecule has 0 fully saturated rings. The van der Waals surface area contributed by atoms with Crippen LogP contribution in [-0.2, 0) is 16.1 Å². The molecule has 150 valence electrons. The molecule has 7 nitrogen and oxygen atoms in total. The molecule has 3 rings (SSSR count). The van der Waals surface area contributed by atoms with Gasteiger partial charge in [-0.3, -0.25) is 9.59 Å². The van der Waals surface area contributed by atoms with Gasteiger partial charge in [0.25, 0.3) is 0 Å². The highest BCUT2D eigenvalue weighted by atomic mass is 16.5. The van der Waals surface area contributed by atoms with Gasteiger partial charge in [-0.1, -0.05) is 24.3 Å². The molecule has 2 N–H and O–H groups in total. The largest absolute Gasteiger partial charge is 0.496 e. The summed E-state index contributed by atoms with van der Waals surface area (Å²) in [6.07, 6.45) is 0. The van der Waals surface area contributed by atoms with Gasteiger partial charge in [-0.05, 0) is 50.1 Å². The van der Waals surface area contributed by atoms with Crippen LogP contribution in [0, 0.1) is 20.8 Å². The molecule has 0 radical (unpaired) electrons. The van der Waals surface area contributed by atoms with Crippen molar-refractivity contribution < 1.29 is 14.3 Å². The third-order valence-electron chi connectivity index (χ3n) is 4.36. The molecule has 0 saturated heterocycles. The fraction of sp³-hybridized carbons (Fsp3) is 0.227. The zero-order chi connectivity index (χ0) is 21.0. The molecule has 0 aliphatic carbocycles. The van der Waals surface area contributed by atoms with Gasteiger partial charge in [-0.2, -0.15) is 5.10 Å². The van der Waals surface area contributed by atoms with Gasteiger partial charge < -0.3 is 15.4 Å². The number of ether oxygens (including phenoxy) is 1. The molecular weight excluding hydrogens is 368 g/mol. The lowest BCUT2D eigenvalue weighted by Gasteiger charge is -2.11. The van der Waals surface area contributed by atoms with E-state index in [9.17, 15) is 9.59 Å². The number of aromatic nitrogens is 2. The molecule has 1 heterocycles. The molecule has 0 aliphatic heterocycles. The first-order valence-corrected chi connectivity index (χ1v) is 9.24. The standard InChI is InChI=1S/C22H24N4O3/c1-14-9-15(2)11-18(10-14)26-20(12-16(3)25-26)24-22(28)21(27)23-13-17-7-5-6-8-19(17)29-4/h5-12H,13H2,1-4H3,(H,23,27)(H,24,28). The molecule has 0 spiro atoms. The Kier molecular flexibility index (Phi) is 5.97. The smallest absolute Gasteiger partial charge is 0.314 e. The molecule has 1 aromatic heterocycles. The maximum absolute atomic E-state index is 12.4. The number of methoxy groups -OCH3 is 1. The average molecular weight is 392 g/mol. The topological polar surface area (TPSA) is 85.2 Å². The predicted octanol–water partition coefficient (Wildman–Crippen LogP) is 3.06. The summed E-state index contributed by atoms with van der Waals surface area (Å²) in [5.41, 5.74) is 4.50. The van der Waals surface area contributed by atoms with Crippen LogP contribution < -0.4 is 15.4 Å². The average Bonchev–Trinajstić information content (AvgIpc) is 3.05. The van der Waals surface area contributed by atoms with E-state index in [-0.39, 0.29) is 6.54 Å². The van der Waals surface area contributed by atoms with Gasteiger partial charge in [0.2, 0.25) is 0 Å². The summed E-state index contributed by atoms with van der Waals surface area (Å²) in [5, 5.41) is 9.71. The highest BCUT2D eigenvalue weighted by Gasteiger charge is 2.18. The summed E-state index contributed by atoms with van der Waals surface area (Å²) >= 11 is 0. The van der Waals surface area contributed by atoms with E-state index in [1.165, 1.54) is 0 Å². The molecule has 0 aliphatic rings. The van der Waals surface area contributed by atoms with Crippen LogP contribution in [0.3, 0.4) is 0 Å². The van der Waals surface area contributed by atoms with Crippen LogP contribution in [0.2, 0.25) is 0 Å². The second-order valence-corrected chi connectivity index (χ2v) is 6.88. The number of carbonyl (C=O) groups excluding carboxylic acids is 2. The number of benzene rings is 2. The fourth-order valence-corrected chi connectivity index (χ4v) is 3.14. The predicted molar refractivity (Wildman–Crippen MR) is 111 cm³/mol. The van der Waals surface area contributed by atoms with Crippen molar-refractivity contribution in [3.63, 3.8) is 0 Å². The summed E-state index contributed by atoms with van der Waals surface area (Å²) in [6, 6.07) is 15.0. The van der Waals surface area contributed by atoms with E-state index >= 15 is 0 Å². The van der Waals surface area contributed by atoms with Crippen LogP contribution in [0.5, 0.6) is 5.75 Å². The number of aryl methyl sites for hydroxylation is 3. The van der Waals surface area contributed by atoms with Crippen molar-refractivity contribution in [1.82, 2.24) is 15.1 Å². The Morgan fingerprint density at radius 2 is 1.69 bits per heavy atom. The van der Waals surface area contributed by atoms with E-state index in [0.717, 1.165) is 28.1 Å². The van der Waals surface area contributed by atoms with Crippen LogP contribution in [0.4, 0.5) is 5.82 Å². The molecule has 2 amide bonds. The van der Waals surface area contributed by atoms with Crippen LogP contribution in [-0.4, -0.2) is 28.7 Å². The van der Waals surface area contributed by atoms with Crippen molar-refractivity contribution in [2.45, 2.75) is 27.3 Å². The molecule has 2 aromatic carbocycles. The number of nitrogens with zero attached hydrogens (tertiary/aromatic N) is 2. The molecule has 29 heavy (non-hydrogen) atoms. The number of hydrogen-bond acceptors (Lipinski definition) is 4. The molecule has 0 unspecified atom stereocenters. The molecule has 0 atom stereocenters. The van der Waals surface area contributed by atoms with Gasteiger partial charge in [0, 0.05) is 18.2 Å². The zero-order valence-electron chi connectivity index (χ0n) is 16.9. The number of para-hydroxylation sites is 1. The van der Waals surface area contributed by atoms with E-state index in [2.05, 4.69) is 21.8 Å². The Morgan fingerprint density at radius 3 is 2.38 bits per heavy atom. The number of rotatable bonds is 5. The van der Waals surface area contributed by atoms with Crippen LogP contribution >= 0.6 is 0 Å². The quantitative estimate of drug-likeness (QED) is 0.654. The third kappa shape index (κ3) is 4.82. The van der Waals surface area contributed by atoms with E-state index in [4.69, 9.17) is 4.74 Å². The van der Waals surface area contributed by atoms with Gasteiger partial charge in [0.15, 0.2) is 0 Å². The minimum atomic E-state index is -0.759.